The Morgan fingerprint density at radius 1 is 1.11 bits per heavy atom. The highest BCUT2D eigenvalue weighted by Crippen LogP contribution is 2.30. The molecular weight excluding hydrogens is 419 g/mol. The molecule has 0 bridgehead atoms. The maximum Gasteiger partial charge on any atom is 0.247 e. The molecule has 2 aromatic rings. The second-order valence-corrected chi connectivity index (χ2v) is 8.08. The molecule has 2 N–H and O–H groups in total. The standard InChI is InChI=1S/C19H16Cl2N4O2S/c1-11(12-5-7-13(20)8-6-12)23-24-19(22)28-16-10-17(26)25(18(16)27)15-4-2-3-14(21)9-15/h2-9,16H,10H2,1H3,(H2,22,24). The predicted molar refractivity (Wildman–Crippen MR) is 115 cm³/mol. The second-order valence-electron chi connectivity index (χ2n) is 5.99. The molecule has 1 saturated heterocycles. The largest absolute Gasteiger partial charge is 0.377 e. The van der Waals surface area contributed by atoms with Crippen LogP contribution in [0.3, 0.4) is 0 Å². The fourth-order valence-corrected chi connectivity index (χ4v) is 3.75. The molecule has 1 unspecified atom stereocenters. The van der Waals surface area contributed by atoms with Gasteiger partial charge >= 0.3 is 0 Å². The second kappa shape index (κ2) is 8.77. The normalized spacial score (nSPS) is 18.1. The first-order valence-corrected chi connectivity index (χ1v) is 9.91. The van der Waals surface area contributed by atoms with E-state index in [2.05, 4.69) is 10.2 Å². The Balaban J connectivity index is 1.70. The van der Waals surface area contributed by atoms with Crippen LogP contribution < -0.4 is 10.6 Å². The molecule has 1 fully saturated rings. The minimum Gasteiger partial charge on any atom is -0.377 e. The van der Waals surface area contributed by atoms with Gasteiger partial charge in [-0.1, -0.05) is 53.2 Å². The van der Waals surface area contributed by atoms with Crippen LogP contribution in [-0.2, 0) is 9.59 Å². The first kappa shape index (κ1) is 20.4. The number of nitrogens with zero attached hydrogens (tertiary/aromatic N) is 3. The molecule has 0 radical (unpaired) electrons. The van der Waals surface area contributed by atoms with Crippen molar-refractivity contribution in [3.05, 3.63) is 64.1 Å². The number of rotatable bonds is 4. The molecule has 1 aliphatic heterocycles. The molecule has 1 aliphatic rings. The third-order valence-corrected chi connectivity index (χ3v) is 5.46. The molecular formula is C19H16Cl2N4O2S. The van der Waals surface area contributed by atoms with E-state index in [4.69, 9.17) is 28.9 Å². The van der Waals surface area contributed by atoms with Crippen molar-refractivity contribution in [1.29, 1.82) is 0 Å². The van der Waals surface area contributed by atoms with E-state index in [1.165, 1.54) is 0 Å². The SMILES string of the molecule is CC(=NN=C(N)SC1CC(=O)N(c2cccc(Cl)c2)C1=O)c1ccc(Cl)cc1. The number of benzene rings is 2. The number of amidine groups is 1. The van der Waals surface area contributed by atoms with Crippen LogP contribution in [0.15, 0.2) is 58.7 Å². The van der Waals surface area contributed by atoms with Gasteiger partial charge in [0, 0.05) is 16.5 Å². The van der Waals surface area contributed by atoms with Crippen LogP contribution in [-0.4, -0.2) is 27.9 Å². The third kappa shape index (κ3) is 4.73. The van der Waals surface area contributed by atoms with E-state index in [1.54, 1.807) is 43.3 Å². The molecule has 2 amide bonds. The van der Waals surface area contributed by atoms with Crippen molar-refractivity contribution < 1.29 is 9.59 Å². The summed E-state index contributed by atoms with van der Waals surface area (Å²) in [6.45, 7) is 1.79. The van der Waals surface area contributed by atoms with Crippen molar-refractivity contribution in [2.45, 2.75) is 18.6 Å². The lowest BCUT2D eigenvalue weighted by atomic mass is 10.1. The summed E-state index contributed by atoms with van der Waals surface area (Å²) in [5.74, 6) is -0.660. The lowest BCUT2D eigenvalue weighted by Gasteiger charge is -2.14. The fraction of sp³-hybridized carbons (Fsp3) is 0.158. The van der Waals surface area contributed by atoms with Gasteiger partial charge in [0.25, 0.3) is 0 Å². The molecule has 3 rings (SSSR count). The molecule has 0 spiro atoms. The smallest absolute Gasteiger partial charge is 0.247 e. The summed E-state index contributed by atoms with van der Waals surface area (Å²) in [4.78, 5) is 26.1. The van der Waals surface area contributed by atoms with Gasteiger partial charge in [-0.15, -0.1) is 5.10 Å². The summed E-state index contributed by atoms with van der Waals surface area (Å²) in [5.41, 5.74) is 7.84. The van der Waals surface area contributed by atoms with Gasteiger partial charge in [0.2, 0.25) is 11.8 Å². The maximum atomic E-state index is 12.6. The van der Waals surface area contributed by atoms with Gasteiger partial charge in [0.15, 0.2) is 5.17 Å². The van der Waals surface area contributed by atoms with Crippen molar-refractivity contribution >= 4 is 63.3 Å². The number of halogens is 2. The number of hydrogen-bond acceptors (Lipinski definition) is 5. The zero-order valence-electron chi connectivity index (χ0n) is 14.8. The quantitative estimate of drug-likeness (QED) is 0.339. The lowest BCUT2D eigenvalue weighted by Crippen LogP contribution is -2.31. The average Bonchev–Trinajstić information content (AvgIpc) is 2.93. The third-order valence-electron chi connectivity index (χ3n) is 4.00. The van der Waals surface area contributed by atoms with Crippen LogP contribution in [0.1, 0.15) is 18.9 Å². The van der Waals surface area contributed by atoms with Crippen molar-refractivity contribution in [1.82, 2.24) is 0 Å². The van der Waals surface area contributed by atoms with Crippen LogP contribution in [0.4, 0.5) is 5.69 Å². The molecule has 2 aromatic carbocycles. The van der Waals surface area contributed by atoms with Crippen LogP contribution >= 0.6 is 35.0 Å². The van der Waals surface area contributed by atoms with Gasteiger partial charge in [-0.25, -0.2) is 4.90 Å². The summed E-state index contributed by atoms with van der Waals surface area (Å²) >= 11 is 12.8. The molecule has 0 saturated carbocycles. The number of thioether (sulfide) groups is 1. The van der Waals surface area contributed by atoms with E-state index in [0.717, 1.165) is 22.2 Å². The zero-order chi connectivity index (χ0) is 20.3. The maximum absolute atomic E-state index is 12.6. The van der Waals surface area contributed by atoms with Gasteiger partial charge < -0.3 is 5.73 Å². The van der Waals surface area contributed by atoms with E-state index >= 15 is 0 Å². The van der Waals surface area contributed by atoms with Crippen molar-refractivity contribution in [2.75, 3.05) is 4.90 Å². The summed E-state index contributed by atoms with van der Waals surface area (Å²) in [6.07, 6.45) is 0.0338. The molecule has 0 aliphatic carbocycles. The first-order chi connectivity index (χ1) is 13.3. The fourth-order valence-electron chi connectivity index (χ4n) is 2.63. The Bertz CT molecular complexity index is 976. The molecule has 28 heavy (non-hydrogen) atoms. The zero-order valence-corrected chi connectivity index (χ0v) is 17.1. The number of nitrogens with two attached hydrogens (primary N) is 1. The highest BCUT2D eigenvalue weighted by molar-refractivity contribution is 8.14. The molecule has 1 atom stereocenters. The number of carbonyl (C=O) groups is 2. The van der Waals surface area contributed by atoms with E-state index in [9.17, 15) is 9.59 Å². The number of imide groups is 1. The van der Waals surface area contributed by atoms with E-state index in [0.29, 0.717) is 21.4 Å². The molecule has 144 valence electrons. The van der Waals surface area contributed by atoms with Crippen LogP contribution in [0.2, 0.25) is 10.0 Å². The Morgan fingerprint density at radius 3 is 2.50 bits per heavy atom. The van der Waals surface area contributed by atoms with Gasteiger partial charge in [-0.2, -0.15) is 5.10 Å². The van der Waals surface area contributed by atoms with E-state index < -0.39 is 5.25 Å². The number of carbonyl (C=O) groups excluding carboxylic acids is 2. The van der Waals surface area contributed by atoms with Gasteiger partial charge in [-0.3, -0.25) is 9.59 Å². The number of amides is 2. The molecule has 6 nitrogen and oxygen atoms in total. The Labute approximate surface area is 176 Å². The van der Waals surface area contributed by atoms with Crippen molar-refractivity contribution in [3.63, 3.8) is 0 Å². The Kier molecular flexibility index (Phi) is 6.39. The van der Waals surface area contributed by atoms with E-state index in [1.807, 2.05) is 12.1 Å². The Hall–Kier alpha value is -2.35. The Morgan fingerprint density at radius 2 is 1.82 bits per heavy atom. The van der Waals surface area contributed by atoms with Gasteiger partial charge in [-0.05, 0) is 42.8 Å². The lowest BCUT2D eigenvalue weighted by molar-refractivity contribution is -0.121. The molecule has 9 heteroatoms. The summed E-state index contributed by atoms with van der Waals surface area (Å²) < 4.78 is 0. The monoisotopic (exact) mass is 434 g/mol. The average molecular weight is 435 g/mol. The first-order valence-electron chi connectivity index (χ1n) is 8.28. The van der Waals surface area contributed by atoms with Gasteiger partial charge in [0.05, 0.1) is 11.4 Å². The van der Waals surface area contributed by atoms with Crippen molar-refractivity contribution in [3.8, 4) is 0 Å². The summed E-state index contributed by atoms with van der Waals surface area (Å²) in [5, 5.41) is 8.58. The molecule has 0 aromatic heterocycles. The van der Waals surface area contributed by atoms with Crippen LogP contribution in [0, 0.1) is 0 Å². The minimum atomic E-state index is -0.652. The van der Waals surface area contributed by atoms with E-state index in [-0.39, 0.29) is 23.4 Å². The summed E-state index contributed by atoms with van der Waals surface area (Å²) in [6, 6.07) is 13.7. The highest BCUT2D eigenvalue weighted by atomic mass is 35.5. The topological polar surface area (TPSA) is 88.1 Å². The van der Waals surface area contributed by atoms with Crippen LogP contribution in [0.5, 0.6) is 0 Å². The number of anilines is 1. The summed E-state index contributed by atoms with van der Waals surface area (Å²) in [7, 11) is 0. The minimum absolute atomic E-state index is 0.0338. The predicted octanol–water partition coefficient (Wildman–Crippen LogP) is 4.10. The van der Waals surface area contributed by atoms with Crippen LogP contribution in [0.25, 0.3) is 0 Å². The van der Waals surface area contributed by atoms with Crippen molar-refractivity contribution in [2.24, 2.45) is 15.9 Å². The van der Waals surface area contributed by atoms with Gasteiger partial charge in [0.1, 0.15) is 5.25 Å². The highest BCUT2D eigenvalue weighted by Gasteiger charge is 2.40. The number of hydrogen-bond donors (Lipinski definition) is 1. The molecule has 1 heterocycles.